The lowest BCUT2D eigenvalue weighted by Gasteiger charge is -2.31. The SMILES string of the molecule is C[C@H]1OCCC[C@H]1C(=O)N1CCc2ccncc21. The van der Waals surface area contributed by atoms with Gasteiger partial charge in [-0.3, -0.25) is 9.78 Å². The maximum atomic E-state index is 12.6. The Morgan fingerprint density at radius 1 is 1.56 bits per heavy atom. The number of ether oxygens (including phenoxy) is 1. The third kappa shape index (κ3) is 1.90. The van der Waals surface area contributed by atoms with Crippen LogP contribution in [0.4, 0.5) is 5.69 Å². The van der Waals surface area contributed by atoms with Crippen molar-refractivity contribution < 1.29 is 9.53 Å². The molecule has 4 nitrogen and oxygen atoms in total. The fourth-order valence-electron chi connectivity index (χ4n) is 2.90. The summed E-state index contributed by atoms with van der Waals surface area (Å²) in [5.74, 6) is 0.207. The Balaban J connectivity index is 1.82. The smallest absolute Gasteiger partial charge is 0.232 e. The molecule has 0 saturated carbocycles. The highest BCUT2D eigenvalue weighted by Crippen LogP contribution is 2.31. The van der Waals surface area contributed by atoms with Gasteiger partial charge in [0.25, 0.3) is 0 Å². The van der Waals surface area contributed by atoms with Crippen molar-refractivity contribution in [3.8, 4) is 0 Å². The maximum absolute atomic E-state index is 12.6. The van der Waals surface area contributed by atoms with E-state index in [0.29, 0.717) is 0 Å². The number of amides is 1. The number of aromatic nitrogens is 1. The lowest BCUT2D eigenvalue weighted by Crippen LogP contribution is -2.42. The summed E-state index contributed by atoms with van der Waals surface area (Å²) in [6.45, 7) is 3.56. The summed E-state index contributed by atoms with van der Waals surface area (Å²) in [5, 5.41) is 0. The second-order valence-electron chi connectivity index (χ2n) is 5.07. The summed E-state index contributed by atoms with van der Waals surface area (Å²) in [6, 6.07) is 2.00. The fraction of sp³-hybridized carbons (Fsp3) is 0.571. The van der Waals surface area contributed by atoms with Gasteiger partial charge in [0.15, 0.2) is 0 Å². The predicted molar refractivity (Wildman–Crippen MR) is 68.4 cm³/mol. The monoisotopic (exact) mass is 246 g/mol. The third-order valence-corrected chi connectivity index (χ3v) is 3.97. The summed E-state index contributed by atoms with van der Waals surface area (Å²) >= 11 is 0. The molecule has 2 aliphatic heterocycles. The van der Waals surface area contributed by atoms with Crippen molar-refractivity contribution in [1.82, 2.24) is 4.98 Å². The number of carbonyl (C=O) groups excluding carboxylic acids is 1. The van der Waals surface area contributed by atoms with E-state index < -0.39 is 0 Å². The molecular weight excluding hydrogens is 228 g/mol. The van der Waals surface area contributed by atoms with Crippen LogP contribution in [-0.4, -0.2) is 30.1 Å². The summed E-state index contributed by atoms with van der Waals surface area (Å²) in [4.78, 5) is 18.6. The van der Waals surface area contributed by atoms with E-state index in [1.807, 2.05) is 17.9 Å². The quantitative estimate of drug-likeness (QED) is 0.758. The molecule has 0 aliphatic carbocycles. The van der Waals surface area contributed by atoms with Gasteiger partial charge in [-0.15, -0.1) is 0 Å². The Kier molecular flexibility index (Phi) is 3.04. The van der Waals surface area contributed by atoms with E-state index in [-0.39, 0.29) is 17.9 Å². The zero-order chi connectivity index (χ0) is 12.5. The Morgan fingerprint density at radius 2 is 2.44 bits per heavy atom. The minimum Gasteiger partial charge on any atom is -0.378 e. The number of rotatable bonds is 1. The molecule has 0 N–H and O–H groups in total. The molecule has 0 aromatic carbocycles. The third-order valence-electron chi connectivity index (χ3n) is 3.97. The van der Waals surface area contributed by atoms with Crippen molar-refractivity contribution >= 4 is 11.6 Å². The standard InChI is InChI=1S/C14H18N2O2/c1-10-12(3-2-8-18-10)14(17)16-7-5-11-4-6-15-9-13(11)16/h4,6,9-10,12H,2-3,5,7-8H2,1H3/t10-,12-/m1/s1. The van der Waals surface area contributed by atoms with E-state index in [9.17, 15) is 4.79 Å². The molecule has 1 fully saturated rings. The first-order valence-electron chi connectivity index (χ1n) is 6.63. The fourth-order valence-corrected chi connectivity index (χ4v) is 2.90. The normalized spacial score (nSPS) is 27.1. The molecule has 3 rings (SSSR count). The number of pyridine rings is 1. The van der Waals surface area contributed by atoms with Gasteiger partial charge in [-0.2, -0.15) is 0 Å². The van der Waals surface area contributed by atoms with Crippen molar-refractivity contribution in [3.05, 3.63) is 24.0 Å². The Bertz CT molecular complexity index is 461. The molecule has 18 heavy (non-hydrogen) atoms. The number of anilines is 1. The van der Waals surface area contributed by atoms with E-state index >= 15 is 0 Å². The van der Waals surface area contributed by atoms with Crippen molar-refractivity contribution in [2.24, 2.45) is 5.92 Å². The van der Waals surface area contributed by atoms with Gasteiger partial charge in [-0.05, 0) is 37.8 Å². The van der Waals surface area contributed by atoms with Crippen LogP contribution in [0.1, 0.15) is 25.3 Å². The van der Waals surface area contributed by atoms with Gasteiger partial charge in [0, 0.05) is 19.3 Å². The highest BCUT2D eigenvalue weighted by atomic mass is 16.5. The number of hydrogen-bond acceptors (Lipinski definition) is 3. The van der Waals surface area contributed by atoms with Gasteiger partial charge in [0.2, 0.25) is 5.91 Å². The largest absolute Gasteiger partial charge is 0.378 e. The molecule has 0 unspecified atom stereocenters. The van der Waals surface area contributed by atoms with E-state index in [1.165, 1.54) is 5.56 Å². The second-order valence-corrected chi connectivity index (χ2v) is 5.07. The molecule has 3 heterocycles. The molecule has 2 atom stereocenters. The first-order valence-corrected chi connectivity index (χ1v) is 6.63. The molecule has 1 saturated heterocycles. The zero-order valence-electron chi connectivity index (χ0n) is 10.6. The van der Waals surface area contributed by atoms with Crippen molar-refractivity contribution in [3.63, 3.8) is 0 Å². The van der Waals surface area contributed by atoms with E-state index in [4.69, 9.17) is 4.74 Å². The number of carbonyl (C=O) groups is 1. The van der Waals surface area contributed by atoms with E-state index in [0.717, 1.165) is 38.1 Å². The van der Waals surface area contributed by atoms with Crippen molar-refractivity contribution in [1.29, 1.82) is 0 Å². The van der Waals surface area contributed by atoms with Gasteiger partial charge in [0.1, 0.15) is 0 Å². The molecule has 0 radical (unpaired) electrons. The summed E-state index contributed by atoms with van der Waals surface area (Å²) in [5.41, 5.74) is 2.21. The van der Waals surface area contributed by atoms with Crippen LogP contribution < -0.4 is 4.90 Å². The lowest BCUT2D eigenvalue weighted by molar-refractivity contribution is -0.130. The van der Waals surface area contributed by atoms with E-state index in [2.05, 4.69) is 4.98 Å². The molecule has 1 aromatic heterocycles. The molecule has 96 valence electrons. The van der Waals surface area contributed by atoms with Crippen LogP contribution in [0.25, 0.3) is 0 Å². The van der Waals surface area contributed by atoms with Gasteiger partial charge in [-0.1, -0.05) is 0 Å². The van der Waals surface area contributed by atoms with Crippen LogP contribution in [0.5, 0.6) is 0 Å². The zero-order valence-corrected chi connectivity index (χ0v) is 10.6. The molecule has 1 amide bonds. The number of fused-ring (bicyclic) bond motifs is 1. The summed E-state index contributed by atoms with van der Waals surface area (Å²) in [7, 11) is 0. The Labute approximate surface area is 107 Å². The lowest BCUT2D eigenvalue weighted by atomic mass is 9.94. The van der Waals surface area contributed by atoms with Crippen LogP contribution in [0, 0.1) is 5.92 Å². The summed E-state index contributed by atoms with van der Waals surface area (Å²) < 4.78 is 5.60. The van der Waals surface area contributed by atoms with Crippen LogP contribution in [0.3, 0.4) is 0 Å². The average Bonchev–Trinajstić information content (AvgIpc) is 2.82. The van der Waals surface area contributed by atoms with Gasteiger partial charge in [0.05, 0.1) is 23.9 Å². The van der Waals surface area contributed by atoms with Gasteiger partial charge < -0.3 is 9.64 Å². The summed E-state index contributed by atoms with van der Waals surface area (Å²) in [6.07, 6.45) is 6.48. The molecule has 0 bridgehead atoms. The topological polar surface area (TPSA) is 42.4 Å². The minimum absolute atomic E-state index is 0.00454. The highest BCUT2D eigenvalue weighted by Gasteiger charge is 2.35. The first kappa shape index (κ1) is 11.7. The highest BCUT2D eigenvalue weighted by molar-refractivity contribution is 5.97. The van der Waals surface area contributed by atoms with Crippen LogP contribution in [0.2, 0.25) is 0 Å². The Hall–Kier alpha value is -1.42. The number of hydrogen-bond donors (Lipinski definition) is 0. The minimum atomic E-state index is 0.00454. The predicted octanol–water partition coefficient (Wildman–Crippen LogP) is 1.79. The molecule has 1 aromatic rings. The molecular formula is C14H18N2O2. The van der Waals surface area contributed by atoms with Crippen LogP contribution >= 0.6 is 0 Å². The van der Waals surface area contributed by atoms with Crippen LogP contribution in [-0.2, 0) is 16.0 Å². The van der Waals surface area contributed by atoms with E-state index in [1.54, 1.807) is 12.4 Å². The van der Waals surface area contributed by atoms with Gasteiger partial charge in [-0.25, -0.2) is 0 Å². The van der Waals surface area contributed by atoms with Crippen LogP contribution in [0.15, 0.2) is 18.5 Å². The van der Waals surface area contributed by atoms with Crippen molar-refractivity contribution in [2.75, 3.05) is 18.1 Å². The Morgan fingerprint density at radius 3 is 3.28 bits per heavy atom. The second kappa shape index (κ2) is 4.69. The molecule has 2 aliphatic rings. The molecule has 0 spiro atoms. The maximum Gasteiger partial charge on any atom is 0.232 e. The number of nitrogens with zero attached hydrogens (tertiary/aromatic N) is 2. The van der Waals surface area contributed by atoms with Gasteiger partial charge >= 0.3 is 0 Å². The molecule has 4 heteroatoms. The average molecular weight is 246 g/mol. The first-order chi connectivity index (χ1) is 8.77. The van der Waals surface area contributed by atoms with Crippen molar-refractivity contribution in [2.45, 2.75) is 32.3 Å².